The Morgan fingerprint density at radius 2 is 2.24 bits per heavy atom. The highest BCUT2D eigenvalue weighted by Crippen LogP contribution is 2.18. The van der Waals surface area contributed by atoms with E-state index in [-0.39, 0.29) is 12.0 Å². The molecule has 0 bridgehead atoms. The van der Waals surface area contributed by atoms with Gasteiger partial charge in [0.2, 0.25) is 5.91 Å². The van der Waals surface area contributed by atoms with E-state index in [0.29, 0.717) is 25.9 Å². The maximum atomic E-state index is 12.8. The SMILES string of the molecule is Cc1noc(C)c1CCC(=O)N(Cc1ccccn1)CC1CCCO1. The molecule has 1 aliphatic rings. The van der Waals surface area contributed by atoms with Crippen LogP contribution in [-0.2, 0) is 22.5 Å². The first-order chi connectivity index (χ1) is 12.1. The van der Waals surface area contributed by atoms with E-state index in [1.165, 1.54) is 0 Å². The van der Waals surface area contributed by atoms with Crippen LogP contribution in [0.5, 0.6) is 0 Å². The number of carbonyl (C=O) groups excluding carboxylic acids is 1. The average molecular weight is 343 g/mol. The molecule has 6 nitrogen and oxygen atoms in total. The molecule has 25 heavy (non-hydrogen) atoms. The smallest absolute Gasteiger partial charge is 0.223 e. The first kappa shape index (κ1) is 17.6. The van der Waals surface area contributed by atoms with Crippen molar-refractivity contribution in [2.75, 3.05) is 13.2 Å². The van der Waals surface area contributed by atoms with Gasteiger partial charge in [0.25, 0.3) is 0 Å². The summed E-state index contributed by atoms with van der Waals surface area (Å²) in [6, 6.07) is 5.78. The van der Waals surface area contributed by atoms with Crippen molar-refractivity contribution in [2.45, 2.75) is 52.2 Å². The summed E-state index contributed by atoms with van der Waals surface area (Å²) in [5.41, 5.74) is 2.79. The minimum Gasteiger partial charge on any atom is -0.376 e. The summed E-state index contributed by atoms with van der Waals surface area (Å²) in [7, 11) is 0. The Morgan fingerprint density at radius 3 is 2.88 bits per heavy atom. The highest BCUT2D eigenvalue weighted by molar-refractivity contribution is 5.76. The lowest BCUT2D eigenvalue weighted by atomic mass is 10.1. The fourth-order valence-corrected chi connectivity index (χ4v) is 3.22. The first-order valence-corrected chi connectivity index (χ1v) is 8.84. The second kappa shape index (κ2) is 8.25. The second-order valence-corrected chi connectivity index (χ2v) is 6.53. The zero-order valence-corrected chi connectivity index (χ0v) is 14.9. The standard InChI is InChI=1S/C19H25N3O3/c1-14-18(15(2)25-21-14)8-9-19(23)22(13-17-7-5-11-24-17)12-16-6-3-4-10-20-16/h3-4,6,10,17H,5,7-9,11-13H2,1-2H3. The van der Waals surface area contributed by atoms with Gasteiger partial charge in [0.05, 0.1) is 24.0 Å². The van der Waals surface area contributed by atoms with Crippen LogP contribution in [0.3, 0.4) is 0 Å². The van der Waals surface area contributed by atoms with Crippen LogP contribution in [-0.4, -0.2) is 40.2 Å². The van der Waals surface area contributed by atoms with Gasteiger partial charge in [0.1, 0.15) is 5.76 Å². The summed E-state index contributed by atoms with van der Waals surface area (Å²) in [4.78, 5) is 19.1. The summed E-state index contributed by atoms with van der Waals surface area (Å²) < 4.78 is 10.9. The van der Waals surface area contributed by atoms with Gasteiger partial charge in [-0.05, 0) is 45.2 Å². The second-order valence-electron chi connectivity index (χ2n) is 6.53. The Kier molecular flexibility index (Phi) is 5.81. The van der Waals surface area contributed by atoms with Crippen molar-refractivity contribution >= 4 is 5.91 Å². The Morgan fingerprint density at radius 1 is 1.36 bits per heavy atom. The maximum absolute atomic E-state index is 12.8. The number of hydrogen-bond acceptors (Lipinski definition) is 5. The molecule has 0 saturated carbocycles. The van der Waals surface area contributed by atoms with Crippen LogP contribution in [0.1, 0.15) is 42.0 Å². The minimum atomic E-state index is 0.112. The summed E-state index contributed by atoms with van der Waals surface area (Å²) in [5.74, 6) is 0.904. The van der Waals surface area contributed by atoms with Gasteiger partial charge in [-0.2, -0.15) is 0 Å². The molecular weight excluding hydrogens is 318 g/mol. The third kappa shape index (κ3) is 4.66. The molecule has 0 aliphatic carbocycles. The number of amides is 1. The van der Waals surface area contributed by atoms with E-state index in [9.17, 15) is 4.79 Å². The van der Waals surface area contributed by atoms with Crippen molar-refractivity contribution in [3.63, 3.8) is 0 Å². The third-order valence-electron chi connectivity index (χ3n) is 4.65. The van der Waals surface area contributed by atoms with E-state index in [2.05, 4.69) is 10.1 Å². The number of nitrogens with zero attached hydrogens (tertiary/aromatic N) is 3. The molecule has 1 unspecified atom stereocenters. The molecule has 0 N–H and O–H groups in total. The Bertz CT molecular complexity index is 674. The van der Waals surface area contributed by atoms with Crippen LogP contribution < -0.4 is 0 Å². The molecule has 6 heteroatoms. The Hall–Kier alpha value is -2.21. The fraction of sp³-hybridized carbons (Fsp3) is 0.526. The van der Waals surface area contributed by atoms with Crippen LogP contribution >= 0.6 is 0 Å². The van der Waals surface area contributed by atoms with Crippen molar-refractivity contribution in [3.05, 3.63) is 47.1 Å². The average Bonchev–Trinajstić information content (AvgIpc) is 3.24. The molecular formula is C19H25N3O3. The predicted octanol–water partition coefficient (Wildman–Crippen LogP) is 2.83. The molecule has 3 rings (SSSR count). The van der Waals surface area contributed by atoms with Crippen molar-refractivity contribution in [1.29, 1.82) is 0 Å². The van der Waals surface area contributed by atoms with Gasteiger partial charge in [-0.15, -0.1) is 0 Å². The molecule has 2 aromatic rings. The minimum absolute atomic E-state index is 0.112. The van der Waals surface area contributed by atoms with Crippen LogP contribution in [0.4, 0.5) is 0 Å². The maximum Gasteiger partial charge on any atom is 0.223 e. The van der Waals surface area contributed by atoms with Gasteiger partial charge >= 0.3 is 0 Å². The molecule has 1 fully saturated rings. The zero-order chi connectivity index (χ0) is 17.6. The molecule has 0 aromatic carbocycles. The number of pyridine rings is 1. The van der Waals surface area contributed by atoms with Gasteiger partial charge < -0.3 is 14.2 Å². The summed E-state index contributed by atoms with van der Waals surface area (Å²) in [6.07, 6.45) is 5.04. The molecule has 0 radical (unpaired) electrons. The van der Waals surface area contributed by atoms with E-state index < -0.39 is 0 Å². The van der Waals surface area contributed by atoms with Gasteiger partial charge in [0.15, 0.2) is 0 Å². The van der Waals surface area contributed by atoms with E-state index in [4.69, 9.17) is 9.26 Å². The van der Waals surface area contributed by atoms with Gasteiger partial charge in [-0.3, -0.25) is 9.78 Å². The van der Waals surface area contributed by atoms with E-state index >= 15 is 0 Å². The molecule has 2 aromatic heterocycles. The molecule has 3 heterocycles. The lowest BCUT2D eigenvalue weighted by Gasteiger charge is -2.25. The van der Waals surface area contributed by atoms with Gasteiger partial charge in [-0.25, -0.2) is 0 Å². The van der Waals surface area contributed by atoms with Crippen molar-refractivity contribution < 1.29 is 14.1 Å². The van der Waals surface area contributed by atoms with Gasteiger partial charge in [-0.1, -0.05) is 11.2 Å². The van der Waals surface area contributed by atoms with E-state index in [1.807, 2.05) is 36.9 Å². The zero-order valence-electron chi connectivity index (χ0n) is 14.9. The summed E-state index contributed by atoms with van der Waals surface area (Å²) >= 11 is 0. The van der Waals surface area contributed by atoms with Gasteiger partial charge in [0, 0.05) is 31.3 Å². The number of aromatic nitrogens is 2. The molecule has 0 spiro atoms. The number of ether oxygens (including phenoxy) is 1. The lowest BCUT2D eigenvalue weighted by molar-refractivity contribution is -0.133. The van der Waals surface area contributed by atoms with Crippen LogP contribution in [0.2, 0.25) is 0 Å². The molecule has 1 amide bonds. The van der Waals surface area contributed by atoms with Crippen LogP contribution in [0.15, 0.2) is 28.9 Å². The highest BCUT2D eigenvalue weighted by Gasteiger charge is 2.23. The molecule has 1 aliphatic heterocycles. The summed E-state index contributed by atoms with van der Waals surface area (Å²) in [6.45, 7) is 5.72. The Labute approximate surface area is 148 Å². The number of carbonyl (C=O) groups is 1. The quantitative estimate of drug-likeness (QED) is 0.773. The third-order valence-corrected chi connectivity index (χ3v) is 4.65. The largest absolute Gasteiger partial charge is 0.376 e. The first-order valence-electron chi connectivity index (χ1n) is 8.84. The lowest BCUT2D eigenvalue weighted by Crippen LogP contribution is -2.37. The topological polar surface area (TPSA) is 68.5 Å². The van der Waals surface area contributed by atoms with Crippen LogP contribution in [0, 0.1) is 13.8 Å². The molecule has 134 valence electrons. The predicted molar refractivity (Wildman–Crippen MR) is 92.9 cm³/mol. The number of hydrogen-bond donors (Lipinski definition) is 0. The normalized spacial score (nSPS) is 17.0. The van der Waals surface area contributed by atoms with Crippen molar-refractivity contribution in [1.82, 2.24) is 15.0 Å². The highest BCUT2D eigenvalue weighted by atomic mass is 16.5. The molecule has 1 saturated heterocycles. The van der Waals surface area contributed by atoms with E-state index in [0.717, 1.165) is 42.2 Å². The fourth-order valence-electron chi connectivity index (χ4n) is 3.22. The van der Waals surface area contributed by atoms with E-state index in [1.54, 1.807) is 6.20 Å². The Balaban J connectivity index is 1.65. The summed E-state index contributed by atoms with van der Waals surface area (Å²) in [5, 5.41) is 3.96. The van der Waals surface area contributed by atoms with Crippen LogP contribution in [0.25, 0.3) is 0 Å². The monoisotopic (exact) mass is 343 g/mol. The van der Waals surface area contributed by atoms with Crippen molar-refractivity contribution in [2.24, 2.45) is 0 Å². The number of aryl methyl sites for hydroxylation is 2. The van der Waals surface area contributed by atoms with Crippen molar-refractivity contribution in [3.8, 4) is 0 Å². The number of rotatable bonds is 7. The molecule has 1 atom stereocenters.